The Hall–Kier alpha value is -3.18. The second kappa shape index (κ2) is 8.05. The average molecular weight is 435 g/mol. The Morgan fingerprint density at radius 2 is 2.07 bits per heavy atom. The Morgan fingerprint density at radius 1 is 1.38 bits per heavy atom. The van der Waals surface area contributed by atoms with Crippen LogP contribution in [0.1, 0.15) is 6.92 Å². The molecule has 0 aliphatic heterocycles. The standard InChI is InChI=1S/C17H19ClN8O2S/c1-10(24-26(3)11(2)18)9-29(27,28)25-13-6-4-12(5-7-13)14-8-20-15-16(19)22-23-17(15)21-14/h4-8,25H,2,9H2,1,3H3,(H3,19,21,22,23)/b24-10-. The molecule has 0 atom stereocenters. The van der Waals surface area contributed by atoms with Gasteiger partial charge in [0, 0.05) is 18.3 Å². The lowest BCUT2D eigenvalue weighted by Gasteiger charge is -2.13. The van der Waals surface area contributed by atoms with Gasteiger partial charge in [-0.3, -0.25) is 14.8 Å². The first-order valence-corrected chi connectivity index (χ1v) is 10.4. The SMILES string of the molecule is C=C(Cl)N(C)/N=C(/C)CS(=O)(=O)Nc1ccc(-c2cnc3c(N)[nH]nc3n2)cc1. The molecule has 12 heteroatoms. The minimum atomic E-state index is -3.64. The molecule has 0 saturated carbocycles. The molecule has 0 amide bonds. The second-order valence-electron chi connectivity index (χ2n) is 6.24. The Kier molecular flexibility index (Phi) is 5.71. The predicted octanol–water partition coefficient (Wildman–Crippen LogP) is 2.36. The maximum atomic E-state index is 12.4. The van der Waals surface area contributed by atoms with Crippen LogP contribution in [0.5, 0.6) is 0 Å². The molecule has 0 fully saturated rings. The quantitative estimate of drug-likeness (QED) is 0.294. The lowest BCUT2D eigenvalue weighted by Crippen LogP contribution is -2.23. The van der Waals surface area contributed by atoms with Crippen molar-refractivity contribution in [1.29, 1.82) is 0 Å². The van der Waals surface area contributed by atoms with Crippen LogP contribution in [0.15, 0.2) is 47.3 Å². The number of H-pyrrole nitrogens is 1. The van der Waals surface area contributed by atoms with Crippen LogP contribution >= 0.6 is 11.6 Å². The molecule has 0 spiro atoms. The first-order valence-electron chi connectivity index (χ1n) is 8.34. The number of halogens is 1. The summed E-state index contributed by atoms with van der Waals surface area (Å²) in [5.41, 5.74) is 8.73. The summed E-state index contributed by atoms with van der Waals surface area (Å²) in [5, 5.41) is 12.1. The van der Waals surface area contributed by atoms with Crippen LogP contribution in [0.3, 0.4) is 0 Å². The number of sulfonamides is 1. The molecule has 0 saturated heterocycles. The van der Waals surface area contributed by atoms with Gasteiger partial charge in [0.1, 0.15) is 16.7 Å². The van der Waals surface area contributed by atoms with E-state index < -0.39 is 10.0 Å². The molecule has 0 radical (unpaired) electrons. The largest absolute Gasteiger partial charge is 0.382 e. The molecule has 1 aromatic carbocycles. The number of nitrogen functional groups attached to an aromatic ring is 1. The van der Waals surface area contributed by atoms with Gasteiger partial charge in [-0.05, 0) is 19.1 Å². The number of nitrogens with two attached hydrogens (primary N) is 1. The van der Waals surface area contributed by atoms with Crippen molar-refractivity contribution < 1.29 is 8.42 Å². The molecule has 152 valence electrons. The van der Waals surface area contributed by atoms with E-state index in [-0.39, 0.29) is 10.9 Å². The number of benzene rings is 1. The maximum absolute atomic E-state index is 12.4. The molecule has 10 nitrogen and oxygen atoms in total. The summed E-state index contributed by atoms with van der Waals surface area (Å²) in [5.74, 6) is 0.0654. The Labute approximate surface area is 172 Å². The van der Waals surface area contributed by atoms with Gasteiger partial charge >= 0.3 is 0 Å². The number of aromatic nitrogens is 4. The van der Waals surface area contributed by atoms with Gasteiger partial charge in [0.25, 0.3) is 0 Å². The van der Waals surface area contributed by atoms with Crippen molar-refractivity contribution in [1.82, 2.24) is 25.2 Å². The molecule has 2 heterocycles. The topological polar surface area (TPSA) is 142 Å². The van der Waals surface area contributed by atoms with E-state index in [9.17, 15) is 8.42 Å². The van der Waals surface area contributed by atoms with Crippen LogP contribution < -0.4 is 10.5 Å². The zero-order chi connectivity index (χ0) is 21.2. The van der Waals surface area contributed by atoms with Gasteiger partial charge in [-0.1, -0.05) is 30.3 Å². The number of nitrogens with zero attached hydrogens (tertiary/aromatic N) is 5. The number of hydrogen-bond acceptors (Lipinski definition) is 8. The number of nitrogens with one attached hydrogen (secondary N) is 2. The van der Waals surface area contributed by atoms with Gasteiger partial charge in [-0.2, -0.15) is 10.2 Å². The van der Waals surface area contributed by atoms with Gasteiger partial charge in [0.15, 0.2) is 5.52 Å². The van der Waals surface area contributed by atoms with Crippen LogP contribution in [0.2, 0.25) is 0 Å². The van der Waals surface area contributed by atoms with Crippen molar-refractivity contribution in [2.75, 3.05) is 23.3 Å². The van der Waals surface area contributed by atoms with Crippen LogP contribution in [-0.2, 0) is 10.0 Å². The first-order chi connectivity index (χ1) is 13.6. The maximum Gasteiger partial charge on any atom is 0.238 e. The van der Waals surface area contributed by atoms with Gasteiger partial charge in [0.05, 0.1) is 17.6 Å². The summed E-state index contributed by atoms with van der Waals surface area (Å²) in [7, 11) is -2.07. The van der Waals surface area contributed by atoms with E-state index in [1.54, 1.807) is 44.4 Å². The van der Waals surface area contributed by atoms with Crippen molar-refractivity contribution in [3.05, 3.63) is 42.2 Å². The summed E-state index contributed by atoms with van der Waals surface area (Å²) >= 11 is 5.71. The fourth-order valence-corrected chi connectivity index (χ4v) is 3.70. The number of fused-ring (bicyclic) bond motifs is 1. The van der Waals surface area contributed by atoms with E-state index in [1.807, 2.05) is 0 Å². The number of hydrazone groups is 1. The molecule has 3 rings (SSSR count). The second-order valence-corrected chi connectivity index (χ2v) is 8.40. The van der Waals surface area contributed by atoms with Gasteiger partial charge in [-0.25, -0.2) is 18.4 Å². The van der Waals surface area contributed by atoms with E-state index in [0.717, 1.165) is 5.56 Å². The number of rotatable bonds is 7. The Morgan fingerprint density at radius 3 is 2.72 bits per heavy atom. The summed E-state index contributed by atoms with van der Waals surface area (Å²) in [6.45, 7) is 5.11. The van der Waals surface area contributed by atoms with Crippen molar-refractivity contribution in [3.63, 3.8) is 0 Å². The summed E-state index contributed by atoms with van der Waals surface area (Å²) < 4.78 is 27.2. The normalized spacial score (nSPS) is 12.2. The molecule has 2 aromatic heterocycles. The highest BCUT2D eigenvalue weighted by Gasteiger charge is 2.14. The Bertz CT molecular complexity index is 1190. The van der Waals surface area contributed by atoms with E-state index in [2.05, 4.69) is 36.6 Å². The minimum Gasteiger partial charge on any atom is -0.382 e. The third kappa shape index (κ3) is 5.00. The van der Waals surface area contributed by atoms with E-state index in [4.69, 9.17) is 17.3 Å². The van der Waals surface area contributed by atoms with Crippen molar-refractivity contribution in [2.24, 2.45) is 5.10 Å². The molecular weight excluding hydrogens is 416 g/mol. The van der Waals surface area contributed by atoms with Crippen molar-refractivity contribution in [2.45, 2.75) is 6.92 Å². The molecule has 3 aromatic rings. The van der Waals surface area contributed by atoms with Crippen molar-refractivity contribution in [3.8, 4) is 11.3 Å². The van der Waals surface area contributed by atoms with Crippen LogP contribution in [0.4, 0.5) is 11.5 Å². The van der Waals surface area contributed by atoms with Gasteiger partial charge in [-0.15, -0.1) is 0 Å². The number of anilines is 2. The summed E-state index contributed by atoms with van der Waals surface area (Å²) in [6, 6.07) is 6.74. The van der Waals surface area contributed by atoms with Crippen molar-refractivity contribution >= 4 is 50.0 Å². The first kappa shape index (κ1) is 20.6. The number of hydrogen-bond donors (Lipinski definition) is 3. The molecule has 0 unspecified atom stereocenters. The highest BCUT2D eigenvalue weighted by molar-refractivity contribution is 7.93. The highest BCUT2D eigenvalue weighted by atomic mass is 35.5. The summed E-state index contributed by atoms with van der Waals surface area (Å²) in [4.78, 5) is 8.63. The third-order valence-electron chi connectivity index (χ3n) is 3.82. The predicted molar refractivity (Wildman–Crippen MR) is 115 cm³/mol. The molecule has 4 N–H and O–H groups in total. The van der Waals surface area contributed by atoms with Crippen LogP contribution in [0.25, 0.3) is 22.4 Å². The monoisotopic (exact) mass is 434 g/mol. The van der Waals surface area contributed by atoms with E-state index in [0.29, 0.717) is 34.1 Å². The highest BCUT2D eigenvalue weighted by Crippen LogP contribution is 2.22. The fraction of sp³-hybridized carbons (Fsp3) is 0.176. The molecular formula is C17H19ClN8O2S. The lowest BCUT2D eigenvalue weighted by atomic mass is 10.1. The average Bonchev–Trinajstić information content (AvgIpc) is 3.01. The lowest BCUT2D eigenvalue weighted by molar-refractivity contribution is 0.476. The zero-order valence-electron chi connectivity index (χ0n) is 15.7. The molecule has 0 bridgehead atoms. The third-order valence-corrected chi connectivity index (χ3v) is 5.41. The van der Waals surface area contributed by atoms with E-state index in [1.165, 1.54) is 5.01 Å². The van der Waals surface area contributed by atoms with E-state index >= 15 is 0 Å². The van der Waals surface area contributed by atoms with Crippen LogP contribution in [-0.4, -0.2) is 52.1 Å². The fourth-order valence-electron chi connectivity index (χ4n) is 2.49. The van der Waals surface area contributed by atoms with Gasteiger partial charge < -0.3 is 5.73 Å². The zero-order valence-corrected chi connectivity index (χ0v) is 17.3. The Balaban J connectivity index is 1.73. The number of aromatic amines is 1. The molecule has 0 aliphatic rings. The van der Waals surface area contributed by atoms with Gasteiger partial charge in [0.2, 0.25) is 15.7 Å². The summed E-state index contributed by atoms with van der Waals surface area (Å²) in [6.07, 6.45) is 1.58. The smallest absolute Gasteiger partial charge is 0.238 e. The minimum absolute atomic E-state index is 0.184. The molecule has 0 aliphatic carbocycles. The molecule has 29 heavy (non-hydrogen) atoms. The van der Waals surface area contributed by atoms with Crippen LogP contribution in [0, 0.1) is 0 Å².